The summed E-state index contributed by atoms with van der Waals surface area (Å²) in [5, 5.41) is 12.4. The summed E-state index contributed by atoms with van der Waals surface area (Å²) in [5.41, 5.74) is -9.12. The topological polar surface area (TPSA) is 82.5 Å². The van der Waals surface area contributed by atoms with Crippen LogP contribution in [0.2, 0.25) is 0 Å². The zero-order valence-electron chi connectivity index (χ0n) is 21.9. The van der Waals surface area contributed by atoms with Crippen molar-refractivity contribution in [1.29, 1.82) is 0 Å². The molecule has 1 aromatic heterocycles. The molecule has 2 N–H and O–H groups in total. The van der Waals surface area contributed by atoms with E-state index < -0.39 is 64.0 Å². The number of rotatable bonds is 7. The predicted molar refractivity (Wildman–Crippen MR) is 133 cm³/mol. The van der Waals surface area contributed by atoms with Crippen LogP contribution in [-0.4, -0.2) is 63.9 Å². The average molecular weight is 614 g/mol. The Kier molecular flexibility index (Phi) is 8.19. The Morgan fingerprint density at radius 1 is 1.15 bits per heavy atom. The number of amides is 2. The van der Waals surface area contributed by atoms with Gasteiger partial charge in [0.2, 0.25) is 0 Å². The smallest absolute Gasteiger partial charge is 0.388 e. The molecule has 1 aromatic carbocycles. The minimum atomic E-state index is -5.86. The molecule has 6 nitrogen and oxygen atoms in total. The third kappa shape index (κ3) is 5.66. The summed E-state index contributed by atoms with van der Waals surface area (Å²) in [5.74, 6) is -1.53. The van der Waals surface area contributed by atoms with E-state index in [0.717, 1.165) is 6.42 Å². The molecule has 0 spiro atoms. The number of aromatic nitrogens is 1. The quantitative estimate of drug-likeness (QED) is 0.354. The molecule has 0 radical (unpaired) electrons. The number of alkyl halides is 8. The lowest BCUT2D eigenvalue weighted by Gasteiger charge is -2.36. The van der Waals surface area contributed by atoms with Gasteiger partial charge in [0.05, 0.1) is 10.5 Å². The van der Waals surface area contributed by atoms with Crippen molar-refractivity contribution in [2.45, 2.75) is 81.8 Å². The van der Waals surface area contributed by atoms with Crippen molar-refractivity contribution in [3.8, 4) is 10.4 Å². The van der Waals surface area contributed by atoms with Gasteiger partial charge in [0.1, 0.15) is 5.69 Å². The summed E-state index contributed by atoms with van der Waals surface area (Å²) in [7, 11) is 0. The standard InChI is InChI=1S/C26H27F8N3O3S/c1-13-5-3-10-37(13)22(39)17-18(41-21(36-17)20(38)35-12-24(40)8-4-9-24)15-7-6-14(11-16(15)19(27)28)23(2,25(29,30)31)26(32,33)34/h6-7,11,13,19,40H,3-5,8-10,12H2,1-2H3,(H,35,38)/t13-/m0/s1. The van der Waals surface area contributed by atoms with Gasteiger partial charge >= 0.3 is 12.4 Å². The van der Waals surface area contributed by atoms with Crippen LogP contribution in [0.3, 0.4) is 0 Å². The SMILES string of the molecule is C[C@H]1CCCN1C(=O)c1nc(C(=O)NCC2(O)CCC2)sc1-c1ccc(C(C)(C(F)(F)F)C(F)(F)F)cc1C(F)F. The molecule has 0 unspecified atom stereocenters. The number of hydrogen-bond donors (Lipinski definition) is 2. The third-order valence-electron chi connectivity index (χ3n) is 7.94. The normalized spacial score (nSPS) is 19.4. The van der Waals surface area contributed by atoms with Gasteiger partial charge in [0, 0.05) is 30.3 Å². The number of aliphatic hydroxyl groups is 1. The molecule has 2 fully saturated rings. The van der Waals surface area contributed by atoms with Gasteiger partial charge in [-0.15, -0.1) is 11.3 Å². The van der Waals surface area contributed by atoms with Gasteiger partial charge in [0.15, 0.2) is 10.4 Å². The molecule has 226 valence electrons. The first kappa shape index (κ1) is 31.1. The van der Waals surface area contributed by atoms with Crippen LogP contribution in [0.15, 0.2) is 18.2 Å². The van der Waals surface area contributed by atoms with Crippen molar-refractivity contribution in [2.75, 3.05) is 13.1 Å². The van der Waals surface area contributed by atoms with Gasteiger partial charge < -0.3 is 15.3 Å². The van der Waals surface area contributed by atoms with Crippen LogP contribution < -0.4 is 5.32 Å². The Labute approximate surface area is 233 Å². The summed E-state index contributed by atoms with van der Waals surface area (Å²) in [6.45, 7) is 1.80. The van der Waals surface area contributed by atoms with Crippen LogP contribution in [0.5, 0.6) is 0 Å². The van der Waals surface area contributed by atoms with E-state index >= 15 is 0 Å². The molecule has 15 heteroatoms. The zero-order chi connectivity index (χ0) is 30.5. The van der Waals surface area contributed by atoms with Crippen molar-refractivity contribution >= 4 is 23.2 Å². The van der Waals surface area contributed by atoms with Crippen LogP contribution in [-0.2, 0) is 5.41 Å². The monoisotopic (exact) mass is 613 g/mol. The Hall–Kier alpha value is -2.81. The lowest BCUT2D eigenvalue weighted by molar-refractivity contribution is -0.297. The van der Waals surface area contributed by atoms with Crippen molar-refractivity contribution in [3.05, 3.63) is 40.0 Å². The maximum Gasteiger partial charge on any atom is 0.406 e. The van der Waals surface area contributed by atoms with Crippen molar-refractivity contribution < 1.29 is 49.8 Å². The highest BCUT2D eigenvalue weighted by atomic mass is 32.1. The molecule has 4 rings (SSSR count). The van der Waals surface area contributed by atoms with E-state index in [0.29, 0.717) is 55.7 Å². The minimum absolute atomic E-state index is 0.127. The number of hydrogen-bond acceptors (Lipinski definition) is 5. The maximum absolute atomic E-state index is 14.3. The van der Waals surface area contributed by atoms with E-state index in [1.54, 1.807) is 6.92 Å². The summed E-state index contributed by atoms with van der Waals surface area (Å²) < 4.78 is 111. The van der Waals surface area contributed by atoms with Crippen molar-refractivity contribution in [3.63, 3.8) is 0 Å². The summed E-state index contributed by atoms with van der Waals surface area (Å²) >= 11 is 0.511. The molecule has 41 heavy (non-hydrogen) atoms. The molecule has 1 saturated heterocycles. The number of thiazole rings is 1. The van der Waals surface area contributed by atoms with Crippen molar-refractivity contribution in [2.24, 2.45) is 0 Å². The van der Waals surface area contributed by atoms with Crippen molar-refractivity contribution in [1.82, 2.24) is 15.2 Å². The Morgan fingerprint density at radius 3 is 2.27 bits per heavy atom. The molecule has 1 saturated carbocycles. The third-order valence-corrected chi connectivity index (χ3v) is 9.03. The fourth-order valence-electron chi connectivity index (χ4n) is 4.95. The number of nitrogens with zero attached hydrogens (tertiary/aromatic N) is 2. The molecular formula is C26H27F8N3O3S. The highest BCUT2D eigenvalue weighted by molar-refractivity contribution is 7.17. The van der Waals surface area contributed by atoms with E-state index in [2.05, 4.69) is 10.3 Å². The second-order valence-corrected chi connectivity index (χ2v) is 11.7. The number of carbonyl (C=O) groups excluding carboxylic acids is 2. The van der Waals surface area contributed by atoms with E-state index in [1.165, 1.54) is 4.90 Å². The Morgan fingerprint density at radius 2 is 1.78 bits per heavy atom. The van der Waals surface area contributed by atoms with E-state index in [9.17, 15) is 49.8 Å². The number of halogens is 8. The molecule has 1 aliphatic heterocycles. The number of nitrogens with one attached hydrogen (secondary N) is 1. The molecule has 0 bridgehead atoms. The van der Waals surface area contributed by atoms with Gasteiger partial charge in [0.25, 0.3) is 18.2 Å². The van der Waals surface area contributed by atoms with Crippen LogP contribution >= 0.6 is 11.3 Å². The first-order valence-corrected chi connectivity index (χ1v) is 13.6. The molecule has 2 aliphatic rings. The minimum Gasteiger partial charge on any atom is -0.388 e. The second-order valence-electron chi connectivity index (χ2n) is 10.7. The lowest BCUT2D eigenvalue weighted by Crippen LogP contribution is -2.51. The Balaban J connectivity index is 1.83. The van der Waals surface area contributed by atoms with Crippen LogP contribution in [0, 0.1) is 0 Å². The van der Waals surface area contributed by atoms with E-state index in [1.807, 2.05) is 0 Å². The Bertz CT molecular complexity index is 1310. The van der Waals surface area contributed by atoms with Gasteiger partial charge in [-0.1, -0.05) is 12.1 Å². The molecule has 1 atom stereocenters. The van der Waals surface area contributed by atoms with Crippen LogP contribution in [0.1, 0.15) is 83.8 Å². The number of carbonyl (C=O) groups is 2. The predicted octanol–water partition coefficient (Wildman–Crippen LogP) is 6.40. The molecule has 1 aliphatic carbocycles. The zero-order valence-corrected chi connectivity index (χ0v) is 22.7. The number of likely N-dealkylation sites (tertiary alicyclic amines) is 1. The first-order valence-electron chi connectivity index (χ1n) is 12.8. The van der Waals surface area contributed by atoms with Gasteiger partial charge in [-0.3, -0.25) is 9.59 Å². The van der Waals surface area contributed by atoms with E-state index in [-0.39, 0.29) is 35.5 Å². The number of benzene rings is 1. The van der Waals surface area contributed by atoms with Gasteiger partial charge in [-0.05, 0) is 57.6 Å². The maximum atomic E-state index is 14.3. The average Bonchev–Trinajstić information content (AvgIpc) is 3.50. The van der Waals surface area contributed by atoms with Gasteiger partial charge in [-0.2, -0.15) is 26.3 Å². The highest BCUT2D eigenvalue weighted by Crippen LogP contribution is 2.53. The van der Waals surface area contributed by atoms with Gasteiger partial charge in [-0.25, -0.2) is 13.8 Å². The highest BCUT2D eigenvalue weighted by Gasteiger charge is 2.68. The molecular weight excluding hydrogens is 586 g/mol. The van der Waals surface area contributed by atoms with E-state index in [4.69, 9.17) is 0 Å². The fourth-order valence-corrected chi connectivity index (χ4v) is 5.97. The molecule has 2 heterocycles. The fraction of sp³-hybridized carbons (Fsp3) is 0.577. The summed E-state index contributed by atoms with van der Waals surface area (Å²) in [4.78, 5) is 31.5. The summed E-state index contributed by atoms with van der Waals surface area (Å²) in [6, 6.07) is 1.00. The summed E-state index contributed by atoms with van der Waals surface area (Å²) in [6.07, 6.45) is -12.3. The van der Waals surface area contributed by atoms with Crippen LogP contribution in [0.25, 0.3) is 10.4 Å². The van der Waals surface area contributed by atoms with Crippen LogP contribution in [0.4, 0.5) is 35.1 Å². The largest absolute Gasteiger partial charge is 0.406 e. The molecule has 2 aromatic rings. The molecule has 2 amide bonds. The first-order chi connectivity index (χ1) is 18.9. The lowest BCUT2D eigenvalue weighted by atomic mass is 9.79. The second kappa shape index (κ2) is 10.8.